The van der Waals surface area contributed by atoms with Gasteiger partial charge in [0.15, 0.2) is 0 Å². The number of nitro groups is 1. The van der Waals surface area contributed by atoms with Crippen LogP contribution < -0.4 is 16.0 Å². The van der Waals surface area contributed by atoms with Crippen LogP contribution in [0.4, 0.5) is 34.4 Å². The Morgan fingerprint density at radius 1 is 0.929 bits per heavy atom. The largest absolute Gasteiger partial charge is 0.353 e. The first-order valence-electron chi connectivity index (χ1n) is 8.09. The molecule has 28 heavy (non-hydrogen) atoms. The Morgan fingerprint density at radius 3 is 1.86 bits per heavy atom. The highest BCUT2D eigenvalue weighted by Crippen LogP contribution is 2.33. The predicted molar refractivity (Wildman–Crippen MR) is 110 cm³/mol. The molecule has 0 unspecified atom stereocenters. The fourth-order valence-electron chi connectivity index (χ4n) is 2.38. The summed E-state index contributed by atoms with van der Waals surface area (Å²) in [5.41, 5.74) is 1.56. The van der Waals surface area contributed by atoms with Crippen LogP contribution >= 0.6 is 15.9 Å². The number of aromatic nitrogens is 2. The molecule has 142 valence electrons. The molecule has 0 bridgehead atoms. The van der Waals surface area contributed by atoms with Crippen LogP contribution in [0.25, 0.3) is 0 Å². The number of nitrogens with zero attached hydrogens (tertiary/aromatic N) is 3. The molecule has 0 saturated carbocycles. The van der Waals surface area contributed by atoms with Gasteiger partial charge in [-0.2, -0.15) is 0 Å². The molecule has 9 nitrogen and oxygen atoms in total. The average molecular weight is 443 g/mol. The molecular formula is C18H15BrN6O3. The summed E-state index contributed by atoms with van der Waals surface area (Å²) in [6.07, 6.45) is 1.24. The number of benzene rings is 2. The lowest BCUT2D eigenvalue weighted by molar-refractivity contribution is -0.383. The first-order valence-corrected chi connectivity index (χ1v) is 8.88. The van der Waals surface area contributed by atoms with E-state index in [1.54, 1.807) is 36.4 Å². The molecule has 1 amide bonds. The summed E-state index contributed by atoms with van der Waals surface area (Å²) in [6.45, 7) is 1.41. The third kappa shape index (κ3) is 4.80. The van der Waals surface area contributed by atoms with E-state index in [4.69, 9.17) is 0 Å². The second kappa shape index (κ2) is 8.44. The summed E-state index contributed by atoms with van der Waals surface area (Å²) in [5, 5.41) is 20.1. The van der Waals surface area contributed by atoms with Gasteiger partial charge in [0, 0.05) is 28.5 Å². The highest BCUT2D eigenvalue weighted by atomic mass is 79.9. The van der Waals surface area contributed by atoms with Crippen molar-refractivity contribution in [2.75, 3.05) is 16.0 Å². The van der Waals surface area contributed by atoms with E-state index in [9.17, 15) is 14.9 Å². The maximum atomic E-state index is 11.6. The van der Waals surface area contributed by atoms with Gasteiger partial charge >= 0.3 is 5.69 Å². The average Bonchev–Trinajstić information content (AvgIpc) is 2.65. The Balaban J connectivity index is 1.87. The molecule has 3 N–H and O–H groups in total. The number of hydrogen-bond acceptors (Lipinski definition) is 7. The molecule has 1 aromatic heterocycles. The van der Waals surface area contributed by atoms with Crippen molar-refractivity contribution in [2.24, 2.45) is 0 Å². The van der Waals surface area contributed by atoms with E-state index in [1.807, 2.05) is 12.1 Å². The minimum atomic E-state index is -0.546. The summed E-state index contributed by atoms with van der Waals surface area (Å²) in [5.74, 6) is -0.0672. The molecule has 0 aliphatic heterocycles. The molecule has 0 saturated heterocycles. The molecule has 2 aromatic carbocycles. The summed E-state index contributed by atoms with van der Waals surface area (Å²) in [4.78, 5) is 30.2. The number of anilines is 5. The van der Waals surface area contributed by atoms with Crippen molar-refractivity contribution in [1.82, 2.24) is 9.97 Å². The highest BCUT2D eigenvalue weighted by Gasteiger charge is 2.23. The number of amides is 1. The number of hydrogen-bond donors (Lipinski definition) is 3. The maximum absolute atomic E-state index is 11.6. The van der Waals surface area contributed by atoms with Crippen molar-refractivity contribution < 1.29 is 9.72 Å². The third-order valence-corrected chi connectivity index (χ3v) is 4.11. The Labute approximate surface area is 168 Å². The van der Waals surface area contributed by atoms with Gasteiger partial charge in [-0.15, -0.1) is 0 Å². The smallest absolute Gasteiger partial charge is 0.334 e. The van der Waals surface area contributed by atoms with Crippen LogP contribution in [-0.2, 0) is 4.79 Å². The Morgan fingerprint density at radius 2 is 1.39 bits per heavy atom. The van der Waals surface area contributed by atoms with E-state index in [-0.39, 0.29) is 23.2 Å². The first kappa shape index (κ1) is 19.2. The maximum Gasteiger partial charge on any atom is 0.353 e. The molecule has 0 fully saturated rings. The lowest BCUT2D eigenvalue weighted by Crippen LogP contribution is -2.06. The Hall–Kier alpha value is -3.53. The lowest BCUT2D eigenvalue weighted by Gasteiger charge is -2.11. The van der Waals surface area contributed by atoms with E-state index in [0.29, 0.717) is 17.1 Å². The number of carbonyl (C=O) groups is 1. The molecule has 1 heterocycles. The van der Waals surface area contributed by atoms with Gasteiger partial charge in [-0.05, 0) is 48.5 Å². The molecule has 0 aliphatic carbocycles. The molecule has 0 atom stereocenters. The van der Waals surface area contributed by atoms with Crippen LogP contribution in [0, 0.1) is 10.1 Å². The SMILES string of the molecule is CC(=O)Nc1ccc(Nc2ncnc(Nc3ccc(Br)cc3)c2[N+](=O)[O-])cc1. The van der Waals surface area contributed by atoms with E-state index in [0.717, 1.165) is 4.47 Å². The van der Waals surface area contributed by atoms with Crippen LogP contribution in [0.3, 0.4) is 0 Å². The molecule has 10 heteroatoms. The van der Waals surface area contributed by atoms with Crippen LogP contribution in [0.15, 0.2) is 59.3 Å². The fraction of sp³-hybridized carbons (Fsp3) is 0.0556. The zero-order valence-corrected chi connectivity index (χ0v) is 16.2. The minimum absolute atomic E-state index is 0.0480. The monoisotopic (exact) mass is 442 g/mol. The summed E-state index contributed by atoms with van der Waals surface area (Å²) in [6, 6.07) is 13.9. The van der Waals surface area contributed by atoms with E-state index in [2.05, 4.69) is 41.8 Å². The van der Waals surface area contributed by atoms with Gasteiger partial charge in [0.1, 0.15) is 6.33 Å². The van der Waals surface area contributed by atoms with Gasteiger partial charge in [0.05, 0.1) is 4.92 Å². The van der Waals surface area contributed by atoms with Crippen molar-refractivity contribution >= 4 is 56.2 Å². The van der Waals surface area contributed by atoms with Gasteiger partial charge in [0.2, 0.25) is 17.5 Å². The third-order valence-electron chi connectivity index (χ3n) is 3.58. The molecule has 0 spiro atoms. The first-order chi connectivity index (χ1) is 13.4. The minimum Gasteiger partial charge on any atom is -0.334 e. The van der Waals surface area contributed by atoms with Gasteiger partial charge < -0.3 is 16.0 Å². The van der Waals surface area contributed by atoms with Gasteiger partial charge in [-0.25, -0.2) is 9.97 Å². The standard InChI is InChI=1S/C18H15BrN6O3/c1-11(26)22-13-6-8-15(9-7-13)24-18-16(25(27)28)17(20-10-21-18)23-14-4-2-12(19)3-5-14/h2-10H,1H3,(H,22,26)(H2,20,21,23,24). The van der Waals surface area contributed by atoms with E-state index in [1.165, 1.54) is 13.3 Å². The zero-order valence-electron chi connectivity index (χ0n) is 14.6. The number of rotatable bonds is 6. The summed E-state index contributed by atoms with van der Waals surface area (Å²) >= 11 is 3.34. The topological polar surface area (TPSA) is 122 Å². The summed E-state index contributed by atoms with van der Waals surface area (Å²) in [7, 11) is 0. The van der Waals surface area contributed by atoms with Crippen molar-refractivity contribution in [3.63, 3.8) is 0 Å². The Kier molecular flexibility index (Phi) is 5.80. The molecular weight excluding hydrogens is 428 g/mol. The Bertz CT molecular complexity index is 1010. The lowest BCUT2D eigenvalue weighted by atomic mass is 10.2. The molecule has 3 rings (SSSR count). The number of carbonyl (C=O) groups excluding carboxylic acids is 1. The van der Waals surface area contributed by atoms with Crippen molar-refractivity contribution in [3.8, 4) is 0 Å². The van der Waals surface area contributed by atoms with Gasteiger partial charge in [-0.1, -0.05) is 15.9 Å². The van der Waals surface area contributed by atoms with Crippen molar-refractivity contribution in [2.45, 2.75) is 6.92 Å². The fourth-order valence-corrected chi connectivity index (χ4v) is 2.65. The van der Waals surface area contributed by atoms with Crippen molar-refractivity contribution in [3.05, 3.63) is 69.4 Å². The molecule has 0 radical (unpaired) electrons. The summed E-state index contributed by atoms with van der Waals surface area (Å²) < 4.78 is 0.889. The second-order valence-corrected chi connectivity index (χ2v) is 6.61. The quantitative estimate of drug-likeness (QED) is 0.376. The van der Waals surface area contributed by atoms with Crippen LogP contribution in [0.2, 0.25) is 0 Å². The highest BCUT2D eigenvalue weighted by molar-refractivity contribution is 9.10. The number of nitrogens with one attached hydrogen (secondary N) is 3. The van der Waals surface area contributed by atoms with E-state index < -0.39 is 4.92 Å². The van der Waals surface area contributed by atoms with Crippen LogP contribution in [-0.4, -0.2) is 20.8 Å². The normalized spacial score (nSPS) is 10.2. The molecule has 0 aliphatic rings. The van der Waals surface area contributed by atoms with Crippen LogP contribution in [0.1, 0.15) is 6.92 Å². The van der Waals surface area contributed by atoms with Crippen molar-refractivity contribution in [1.29, 1.82) is 0 Å². The zero-order chi connectivity index (χ0) is 20.1. The predicted octanol–water partition coefficient (Wildman–Crippen LogP) is 4.59. The number of halogens is 1. The molecule has 3 aromatic rings. The van der Waals surface area contributed by atoms with Crippen LogP contribution in [0.5, 0.6) is 0 Å². The van der Waals surface area contributed by atoms with Gasteiger partial charge in [-0.3, -0.25) is 14.9 Å². The van der Waals surface area contributed by atoms with Gasteiger partial charge in [0.25, 0.3) is 0 Å². The van der Waals surface area contributed by atoms with E-state index >= 15 is 0 Å². The second-order valence-electron chi connectivity index (χ2n) is 5.69.